The minimum atomic E-state index is -3.43. The van der Waals surface area contributed by atoms with Gasteiger partial charge in [-0.05, 0) is 6.42 Å². The van der Waals surface area contributed by atoms with Crippen LogP contribution < -0.4 is 0 Å². The second kappa shape index (κ2) is 4.35. The fraction of sp³-hybridized carbons (Fsp3) is 0.667. The number of alkyl halides is 1. The summed E-state index contributed by atoms with van der Waals surface area (Å²) in [7, 11) is -3.43. The van der Waals surface area contributed by atoms with Gasteiger partial charge in [0.25, 0.3) is 10.0 Å². The third-order valence-corrected chi connectivity index (χ3v) is 4.78. The van der Waals surface area contributed by atoms with Crippen molar-refractivity contribution in [3.05, 3.63) is 12.0 Å². The predicted octanol–water partition coefficient (Wildman–Crippen LogP) is 0.974. The zero-order chi connectivity index (χ0) is 11.8. The summed E-state index contributed by atoms with van der Waals surface area (Å²) in [5.74, 6) is 0.681. The maximum atomic E-state index is 12.1. The Hall–Kier alpha value is -0.590. The van der Waals surface area contributed by atoms with Gasteiger partial charge in [-0.1, -0.05) is 6.92 Å². The van der Waals surface area contributed by atoms with E-state index in [1.54, 1.807) is 0 Å². The van der Waals surface area contributed by atoms with Gasteiger partial charge in [-0.2, -0.15) is 4.31 Å². The van der Waals surface area contributed by atoms with Crippen LogP contribution in [0.2, 0.25) is 0 Å². The molecule has 1 atom stereocenters. The Labute approximate surface area is 99.9 Å². The van der Waals surface area contributed by atoms with Crippen LogP contribution in [-0.4, -0.2) is 41.2 Å². The van der Waals surface area contributed by atoms with Crippen molar-refractivity contribution in [1.82, 2.24) is 14.3 Å². The van der Waals surface area contributed by atoms with Crippen LogP contribution in [0.4, 0.5) is 0 Å². The zero-order valence-electron chi connectivity index (χ0n) is 8.98. The highest BCUT2D eigenvalue weighted by Crippen LogP contribution is 2.22. The molecule has 0 aromatic carbocycles. The molecule has 2 heterocycles. The Bertz CT molecular complexity index is 471. The van der Waals surface area contributed by atoms with Crippen molar-refractivity contribution < 1.29 is 8.42 Å². The van der Waals surface area contributed by atoms with Crippen LogP contribution in [0, 0.1) is 0 Å². The van der Waals surface area contributed by atoms with Crippen molar-refractivity contribution in [2.75, 3.05) is 13.1 Å². The van der Waals surface area contributed by atoms with Gasteiger partial charge in [-0.25, -0.2) is 13.4 Å². The number of rotatable bonds is 3. The first-order valence-electron chi connectivity index (χ1n) is 5.22. The summed E-state index contributed by atoms with van der Waals surface area (Å²) < 4.78 is 25.6. The molecule has 1 N–H and O–H groups in total. The molecule has 1 fully saturated rings. The molecule has 1 saturated heterocycles. The average molecular weight is 264 g/mol. The Kier molecular flexibility index (Phi) is 3.23. The van der Waals surface area contributed by atoms with Crippen molar-refractivity contribution in [3.8, 4) is 0 Å². The molecule has 1 aromatic rings. The average Bonchev–Trinajstić information content (AvgIpc) is 2.85. The number of aromatic amines is 1. The largest absolute Gasteiger partial charge is 0.332 e. The quantitative estimate of drug-likeness (QED) is 0.827. The molecule has 7 heteroatoms. The third kappa shape index (κ3) is 2.09. The van der Waals surface area contributed by atoms with Crippen LogP contribution in [-0.2, 0) is 16.4 Å². The number of sulfonamides is 1. The number of hydrogen-bond donors (Lipinski definition) is 1. The number of nitrogens with one attached hydrogen (secondary N) is 1. The molecule has 0 bridgehead atoms. The molecule has 90 valence electrons. The minimum Gasteiger partial charge on any atom is -0.332 e. The number of nitrogens with zero attached hydrogens (tertiary/aromatic N) is 2. The molecule has 0 saturated carbocycles. The van der Waals surface area contributed by atoms with Crippen LogP contribution in [0.1, 0.15) is 19.2 Å². The van der Waals surface area contributed by atoms with Gasteiger partial charge in [-0.15, -0.1) is 11.6 Å². The molecule has 2 rings (SSSR count). The summed E-state index contributed by atoms with van der Waals surface area (Å²) in [6, 6.07) is 0. The first-order chi connectivity index (χ1) is 7.54. The number of H-pyrrole nitrogens is 1. The molecule has 1 unspecified atom stereocenters. The smallest absolute Gasteiger partial charge is 0.260 e. The number of hydrogen-bond acceptors (Lipinski definition) is 3. The monoisotopic (exact) mass is 263 g/mol. The number of aryl methyl sites for hydroxylation is 1. The SMILES string of the molecule is CCc1ncc(S(=O)(=O)N2CCC(Cl)C2)[nH]1. The van der Waals surface area contributed by atoms with E-state index in [0.29, 0.717) is 31.8 Å². The van der Waals surface area contributed by atoms with Gasteiger partial charge < -0.3 is 4.98 Å². The minimum absolute atomic E-state index is 0.0802. The van der Waals surface area contributed by atoms with E-state index in [0.717, 1.165) is 0 Å². The molecule has 1 aliphatic rings. The predicted molar refractivity (Wildman–Crippen MR) is 61.0 cm³/mol. The lowest BCUT2D eigenvalue weighted by atomic mass is 10.4. The van der Waals surface area contributed by atoms with Gasteiger partial charge in [0.15, 0.2) is 5.03 Å². The lowest BCUT2D eigenvalue weighted by Gasteiger charge is -2.13. The molecule has 1 aliphatic heterocycles. The number of aromatic nitrogens is 2. The van der Waals surface area contributed by atoms with E-state index < -0.39 is 10.0 Å². The van der Waals surface area contributed by atoms with E-state index in [2.05, 4.69) is 9.97 Å². The van der Waals surface area contributed by atoms with Crippen LogP contribution >= 0.6 is 11.6 Å². The summed E-state index contributed by atoms with van der Waals surface area (Å²) in [5, 5.41) is 0.0819. The van der Waals surface area contributed by atoms with Crippen molar-refractivity contribution in [3.63, 3.8) is 0 Å². The highest BCUT2D eigenvalue weighted by Gasteiger charge is 2.32. The van der Waals surface area contributed by atoms with Crippen LogP contribution in [0.25, 0.3) is 0 Å². The topological polar surface area (TPSA) is 66.1 Å². The Morgan fingerprint density at radius 3 is 2.94 bits per heavy atom. The van der Waals surface area contributed by atoms with Crippen LogP contribution in [0.5, 0.6) is 0 Å². The Balaban J connectivity index is 2.25. The van der Waals surface area contributed by atoms with E-state index in [-0.39, 0.29) is 10.4 Å². The molecule has 0 spiro atoms. The van der Waals surface area contributed by atoms with Gasteiger partial charge in [0.05, 0.1) is 6.20 Å². The van der Waals surface area contributed by atoms with Gasteiger partial charge >= 0.3 is 0 Å². The summed E-state index contributed by atoms with van der Waals surface area (Å²) in [6.45, 7) is 2.78. The molecule has 0 amide bonds. The summed E-state index contributed by atoms with van der Waals surface area (Å²) in [4.78, 5) is 6.81. The molecule has 5 nitrogen and oxygen atoms in total. The molecular weight excluding hydrogens is 250 g/mol. The summed E-state index contributed by atoms with van der Waals surface area (Å²) in [5.41, 5.74) is 0. The van der Waals surface area contributed by atoms with E-state index in [4.69, 9.17) is 11.6 Å². The summed E-state index contributed by atoms with van der Waals surface area (Å²) >= 11 is 5.90. The molecule has 1 aromatic heterocycles. The molecule has 16 heavy (non-hydrogen) atoms. The van der Waals surface area contributed by atoms with Gasteiger partial charge in [-0.3, -0.25) is 0 Å². The number of imidazole rings is 1. The van der Waals surface area contributed by atoms with Crippen molar-refractivity contribution in [1.29, 1.82) is 0 Å². The van der Waals surface area contributed by atoms with Crippen molar-refractivity contribution in [2.24, 2.45) is 0 Å². The Morgan fingerprint density at radius 1 is 1.69 bits per heavy atom. The van der Waals surface area contributed by atoms with Crippen LogP contribution in [0.3, 0.4) is 0 Å². The van der Waals surface area contributed by atoms with Gasteiger partial charge in [0.1, 0.15) is 5.82 Å². The second-order valence-electron chi connectivity index (χ2n) is 3.80. The Morgan fingerprint density at radius 2 is 2.44 bits per heavy atom. The first kappa shape index (κ1) is 11.9. The maximum Gasteiger partial charge on any atom is 0.260 e. The highest BCUT2D eigenvalue weighted by atomic mass is 35.5. The lowest BCUT2D eigenvalue weighted by molar-refractivity contribution is 0.475. The van der Waals surface area contributed by atoms with Gasteiger partial charge in [0.2, 0.25) is 0 Å². The molecule has 0 aliphatic carbocycles. The van der Waals surface area contributed by atoms with E-state index >= 15 is 0 Å². The summed E-state index contributed by atoms with van der Waals surface area (Å²) in [6.07, 6.45) is 2.76. The normalized spacial score (nSPS) is 22.8. The van der Waals surface area contributed by atoms with Crippen LogP contribution in [0.15, 0.2) is 11.2 Å². The number of halogens is 1. The van der Waals surface area contributed by atoms with Crippen molar-refractivity contribution in [2.45, 2.75) is 30.2 Å². The second-order valence-corrected chi connectivity index (χ2v) is 6.32. The zero-order valence-corrected chi connectivity index (χ0v) is 10.6. The van der Waals surface area contributed by atoms with Gasteiger partial charge in [0, 0.05) is 24.9 Å². The third-order valence-electron chi connectivity index (χ3n) is 2.65. The van der Waals surface area contributed by atoms with E-state index in [9.17, 15) is 8.42 Å². The maximum absolute atomic E-state index is 12.1. The fourth-order valence-corrected chi connectivity index (χ4v) is 3.48. The first-order valence-corrected chi connectivity index (χ1v) is 7.09. The lowest BCUT2D eigenvalue weighted by Crippen LogP contribution is -2.29. The van der Waals surface area contributed by atoms with E-state index in [1.807, 2.05) is 6.92 Å². The standard InChI is InChI=1S/C9H14ClN3O2S/c1-2-8-11-5-9(12-8)16(14,15)13-4-3-7(10)6-13/h5,7H,2-4,6H2,1H3,(H,11,12). The fourth-order valence-electron chi connectivity index (χ4n) is 1.70. The van der Waals surface area contributed by atoms with Crippen molar-refractivity contribution >= 4 is 21.6 Å². The highest BCUT2D eigenvalue weighted by molar-refractivity contribution is 7.89. The van der Waals surface area contributed by atoms with E-state index in [1.165, 1.54) is 10.5 Å². The molecular formula is C9H14ClN3O2S. The molecule has 0 radical (unpaired) electrons.